The van der Waals surface area contributed by atoms with E-state index >= 15 is 0 Å². The highest BCUT2D eigenvalue weighted by Crippen LogP contribution is 2.29. The maximum absolute atomic E-state index is 13.5. The molecular weight excluding hydrogens is 476 g/mol. The topological polar surface area (TPSA) is 97.1 Å². The minimum atomic E-state index is -1.05. The third-order valence-corrected chi connectivity index (χ3v) is 6.08. The van der Waals surface area contributed by atoms with Crippen molar-refractivity contribution < 1.29 is 14.7 Å². The molecule has 0 aliphatic carbocycles. The molecule has 8 heteroatoms. The van der Waals surface area contributed by atoms with Gasteiger partial charge in [-0.25, -0.2) is 4.79 Å². The number of nitrogens with zero attached hydrogens (tertiary/aromatic N) is 3. The first-order chi connectivity index (χ1) is 17.5. The van der Waals surface area contributed by atoms with Crippen LogP contribution in [0.4, 0.5) is 0 Å². The Kier molecular flexibility index (Phi) is 6.47. The van der Waals surface area contributed by atoms with E-state index in [-0.39, 0.29) is 18.0 Å². The van der Waals surface area contributed by atoms with Gasteiger partial charge in [0.05, 0.1) is 28.9 Å². The van der Waals surface area contributed by atoms with Gasteiger partial charge in [0.1, 0.15) is 0 Å². The Morgan fingerprint density at radius 1 is 0.972 bits per heavy atom. The summed E-state index contributed by atoms with van der Waals surface area (Å²) in [5, 5.41) is 13.6. The summed E-state index contributed by atoms with van der Waals surface area (Å²) in [6.45, 7) is 0.709. The van der Waals surface area contributed by atoms with Crippen molar-refractivity contribution in [1.29, 1.82) is 0 Å². The SMILES string of the molecule is O=C(O)c1ccc(CNC(=O)c2cc(-c3cccnc3)cc3ccn(Cc4cccc(Cl)c4)c23)nc1. The maximum Gasteiger partial charge on any atom is 0.337 e. The van der Waals surface area contributed by atoms with E-state index in [1.165, 1.54) is 12.3 Å². The van der Waals surface area contributed by atoms with Gasteiger partial charge < -0.3 is 15.0 Å². The largest absolute Gasteiger partial charge is 0.478 e. The van der Waals surface area contributed by atoms with E-state index in [0.717, 1.165) is 27.6 Å². The highest BCUT2D eigenvalue weighted by molar-refractivity contribution is 6.30. The molecule has 5 aromatic rings. The average molecular weight is 497 g/mol. The number of pyridine rings is 2. The molecule has 3 aromatic heterocycles. The normalized spacial score (nSPS) is 10.9. The standard InChI is InChI=1S/C28H21ClN4O3/c29-23-5-1-3-18(11-23)17-33-10-8-19-12-22(20-4-2-9-30-14-20)13-25(26(19)33)27(34)32-16-24-7-6-21(15-31-24)28(35)36/h1-15H,16-17H2,(H,32,34)(H,35,36). The number of carboxylic acids is 1. The second kappa shape index (κ2) is 10.0. The fourth-order valence-electron chi connectivity index (χ4n) is 4.11. The molecule has 0 aliphatic heterocycles. The Morgan fingerprint density at radius 2 is 1.86 bits per heavy atom. The molecule has 0 saturated carbocycles. The molecule has 0 fully saturated rings. The first-order valence-corrected chi connectivity index (χ1v) is 11.6. The molecule has 36 heavy (non-hydrogen) atoms. The van der Waals surface area contributed by atoms with E-state index in [1.807, 2.05) is 65.4 Å². The number of amides is 1. The molecule has 0 bridgehead atoms. The number of benzene rings is 2. The number of hydrogen-bond donors (Lipinski definition) is 2. The zero-order chi connectivity index (χ0) is 25.1. The van der Waals surface area contributed by atoms with Gasteiger partial charge in [0, 0.05) is 47.3 Å². The lowest BCUT2D eigenvalue weighted by molar-refractivity contribution is 0.0696. The number of rotatable bonds is 7. The summed E-state index contributed by atoms with van der Waals surface area (Å²) >= 11 is 6.18. The van der Waals surface area contributed by atoms with Gasteiger partial charge in [-0.05, 0) is 59.7 Å². The van der Waals surface area contributed by atoms with E-state index in [9.17, 15) is 9.59 Å². The number of fused-ring (bicyclic) bond motifs is 1. The minimum Gasteiger partial charge on any atom is -0.478 e. The van der Waals surface area contributed by atoms with Crippen LogP contribution >= 0.6 is 11.6 Å². The monoisotopic (exact) mass is 496 g/mol. The highest BCUT2D eigenvalue weighted by atomic mass is 35.5. The smallest absolute Gasteiger partial charge is 0.337 e. The van der Waals surface area contributed by atoms with Crippen LogP contribution in [0.2, 0.25) is 5.02 Å². The van der Waals surface area contributed by atoms with Crippen molar-refractivity contribution in [3.8, 4) is 11.1 Å². The molecule has 178 valence electrons. The van der Waals surface area contributed by atoms with Crippen LogP contribution in [0.25, 0.3) is 22.0 Å². The Balaban J connectivity index is 1.51. The minimum absolute atomic E-state index is 0.0924. The summed E-state index contributed by atoms with van der Waals surface area (Å²) in [5.41, 5.74) is 4.77. The Labute approximate surface area is 212 Å². The van der Waals surface area contributed by atoms with Crippen molar-refractivity contribution in [3.05, 3.63) is 119 Å². The summed E-state index contributed by atoms with van der Waals surface area (Å²) < 4.78 is 2.03. The Morgan fingerprint density at radius 3 is 2.58 bits per heavy atom. The zero-order valence-corrected chi connectivity index (χ0v) is 19.8. The molecule has 0 atom stereocenters. The molecule has 2 aromatic carbocycles. The van der Waals surface area contributed by atoms with E-state index in [4.69, 9.17) is 16.7 Å². The van der Waals surface area contributed by atoms with Crippen molar-refractivity contribution in [3.63, 3.8) is 0 Å². The van der Waals surface area contributed by atoms with E-state index in [1.54, 1.807) is 18.5 Å². The average Bonchev–Trinajstić information content (AvgIpc) is 3.30. The van der Waals surface area contributed by atoms with Crippen molar-refractivity contribution >= 4 is 34.4 Å². The van der Waals surface area contributed by atoms with Crippen LogP contribution in [0.15, 0.2) is 91.5 Å². The van der Waals surface area contributed by atoms with Gasteiger partial charge in [-0.3, -0.25) is 14.8 Å². The van der Waals surface area contributed by atoms with Gasteiger partial charge in [-0.15, -0.1) is 0 Å². The molecule has 0 saturated heterocycles. The Hall–Kier alpha value is -4.49. The molecular formula is C28H21ClN4O3. The molecule has 3 heterocycles. The lowest BCUT2D eigenvalue weighted by Gasteiger charge is -2.13. The van der Waals surface area contributed by atoms with Gasteiger partial charge in [0.15, 0.2) is 0 Å². The lowest BCUT2D eigenvalue weighted by Crippen LogP contribution is -2.24. The van der Waals surface area contributed by atoms with Crippen molar-refractivity contribution in [2.75, 3.05) is 0 Å². The summed E-state index contributed by atoms with van der Waals surface area (Å²) in [4.78, 5) is 32.9. The molecule has 5 rings (SSSR count). The van der Waals surface area contributed by atoms with Crippen LogP contribution in [0, 0.1) is 0 Å². The van der Waals surface area contributed by atoms with E-state index in [2.05, 4.69) is 15.3 Å². The third-order valence-electron chi connectivity index (χ3n) is 5.84. The number of aromatic carboxylic acids is 1. The maximum atomic E-state index is 13.5. The zero-order valence-electron chi connectivity index (χ0n) is 19.1. The number of nitrogens with one attached hydrogen (secondary N) is 1. The van der Waals surface area contributed by atoms with Gasteiger partial charge in [-0.1, -0.05) is 29.8 Å². The number of aromatic nitrogens is 3. The van der Waals surface area contributed by atoms with Gasteiger partial charge in [0.2, 0.25) is 0 Å². The molecule has 7 nitrogen and oxygen atoms in total. The molecule has 0 aliphatic rings. The number of hydrogen-bond acceptors (Lipinski definition) is 4. The highest BCUT2D eigenvalue weighted by Gasteiger charge is 2.17. The number of carbonyl (C=O) groups is 2. The summed E-state index contributed by atoms with van der Waals surface area (Å²) in [6, 6.07) is 20.4. The first kappa shape index (κ1) is 23.3. The predicted molar refractivity (Wildman–Crippen MR) is 138 cm³/mol. The van der Waals surface area contributed by atoms with Crippen LogP contribution in [-0.2, 0) is 13.1 Å². The molecule has 1 amide bonds. The lowest BCUT2D eigenvalue weighted by atomic mass is 10.0. The summed E-state index contributed by atoms with van der Waals surface area (Å²) in [7, 11) is 0. The second-order valence-electron chi connectivity index (χ2n) is 8.30. The first-order valence-electron chi connectivity index (χ1n) is 11.2. The molecule has 0 radical (unpaired) electrons. The molecule has 0 spiro atoms. The fraction of sp³-hybridized carbons (Fsp3) is 0.0714. The van der Waals surface area contributed by atoms with Gasteiger partial charge in [-0.2, -0.15) is 0 Å². The fourth-order valence-corrected chi connectivity index (χ4v) is 4.32. The quantitative estimate of drug-likeness (QED) is 0.313. The van der Waals surface area contributed by atoms with Crippen LogP contribution in [0.1, 0.15) is 32.0 Å². The molecule has 0 unspecified atom stereocenters. The predicted octanol–water partition coefficient (Wildman–Crippen LogP) is 5.43. The van der Waals surface area contributed by atoms with Crippen molar-refractivity contribution in [2.45, 2.75) is 13.1 Å². The third kappa shape index (κ3) is 4.96. The van der Waals surface area contributed by atoms with E-state index in [0.29, 0.717) is 22.8 Å². The summed E-state index contributed by atoms with van der Waals surface area (Å²) in [5.74, 6) is -1.31. The Bertz CT molecular complexity index is 1560. The number of halogens is 1. The molecule has 2 N–H and O–H groups in total. The van der Waals surface area contributed by atoms with Gasteiger partial charge >= 0.3 is 5.97 Å². The van der Waals surface area contributed by atoms with Crippen molar-refractivity contribution in [1.82, 2.24) is 19.9 Å². The van der Waals surface area contributed by atoms with Crippen molar-refractivity contribution in [2.24, 2.45) is 0 Å². The number of carboxylic acid groups (broad SMARTS) is 1. The van der Waals surface area contributed by atoms with Gasteiger partial charge in [0.25, 0.3) is 5.91 Å². The van der Waals surface area contributed by atoms with E-state index < -0.39 is 5.97 Å². The summed E-state index contributed by atoms with van der Waals surface area (Å²) in [6.07, 6.45) is 6.71. The van der Waals surface area contributed by atoms with Crippen LogP contribution in [0.3, 0.4) is 0 Å². The second-order valence-corrected chi connectivity index (χ2v) is 8.74. The van der Waals surface area contributed by atoms with Crippen LogP contribution in [0.5, 0.6) is 0 Å². The van der Waals surface area contributed by atoms with Crippen LogP contribution in [-0.4, -0.2) is 31.5 Å². The number of carbonyl (C=O) groups excluding carboxylic acids is 1. The van der Waals surface area contributed by atoms with Crippen LogP contribution < -0.4 is 5.32 Å².